The molecule has 0 saturated heterocycles. The van der Waals surface area contributed by atoms with Gasteiger partial charge in [-0.25, -0.2) is 4.39 Å². The number of nitrogens with one attached hydrogen (secondary N) is 1. The first-order chi connectivity index (χ1) is 8.13. The molecule has 1 rings (SSSR count). The van der Waals surface area contributed by atoms with Crippen LogP contribution in [0.25, 0.3) is 0 Å². The molecule has 0 aliphatic carbocycles. The zero-order valence-corrected chi connectivity index (χ0v) is 11.1. The Kier molecular flexibility index (Phi) is 6.30. The van der Waals surface area contributed by atoms with Crippen molar-refractivity contribution in [3.63, 3.8) is 0 Å². The van der Waals surface area contributed by atoms with Crippen molar-refractivity contribution in [2.24, 2.45) is 0 Å². The zero-order valence-electron chi connectivity index (χ0n) is 10.3. The van der Waals surface area contributed by atoms with Crippen molar-refractivity contribution in [3.8, 4) is 5.75 Å². The number of halogens is 2. The van der Waals surface area contributed by atoms with E-state index in [4.69, 9.17) is 16.3 Å². The summed E-state index contributed by atoms with van der Waals surface area (Å²) >= 11 is 5.65. The maximum absolute atomic E-state index is 12.9. The van der Waals surface area contributed by atoms with Crippen LogP contribution in [0.15, 0.2) is 18.2 Å². The van der Waals surface area contributed by atoms with E-state index in [0.717, 1.165) is 13.0 Å². The number of benzene rings is 1. The highest BCUT2D eigenvalue weighted by Gasteiger charge is 2.02. The predicted octanol–water partition coefficient (Wildman–Crippen LogP) is 3.64. The van der Waals surface area contributed by atoms with Crippen molar-refractivity contribution >= 4 is 11.6 Å². The molecule has 96 valence electrons. The van der Waals surface area contributed by atoms with Crippen molar-refractivity contribution in [2.75, 3.05) is 13.2 Å². The summed E-state index contributed by atoms with van der Waals surface area (Å²) < 4.78 is 18.3. The maximum Gasteiger partial charge on any atom is 0.142 e. The zero-order chi connectivity index (χ0) is 12.7. The summed E-state index contributed by atoms with van der Waals surface area (Å²) in [4.78, 5) is 0. The lowest BCUT2D eigenvalue weighted by Gasteiger charge is -2.13. The van der Waals surface area contributed by atoms with E-state index >= 15 is 0 Å². The highest BCUT2D eigenvalue weighted by atomic mass is 35.5. The van der Waals surface area contributed by atoms with Gasteiger partial charge >= 0.3 is 0 Å². The summed E-state index contributed by atoms with van der Waals surface area (Å²) in [6, 6.07) is 4.88. The first kappa shape index (κ1) is 14.3. The number of ether oxygens (including phenoxy) is 1. The average molecular weight is 260 g/mol. The Balaban J connectivity index is 2.24. The summed E-state index contributed by atoms with van der Waals surface area (Å²) in [7, 11) is 0. The second-order valence-electron chi connectivity index (χ2n) is 4.07. The van der Waals surface area contributed by atoms with E-state index in [1.165, 1.54) is 18.6 Å². The summed E-state index contributed by atoms with van der Waals surface area (Å²) in [6.07, 6.45) is 2.32. The summed E-state index contributed by atoms with van der Waals surface area (Å²) in [5.41, 5.74) is 0. The molecule has 0 fully saturated rings. The molecule has 4 heteroatoms. The van der Waals surface area contributed by atoms with E-state index in [-0.39, 0.29) is 5.02 Å². The predicted molar refractivity (Wildman–Crippen MR) is 69.3 cm³/mol. The fourth-order valence-corrected chi connectivity index (χ4v) is 1.75. The fraction of sp³-hybridized carbons (Fsp3) is 0.538. The number of hydrogen-bond donors (Lipinski definition) is 1. The van der Waals surface area contributed by atoms with Gasteiger partial charge in [-0.05, 0) is 25.5 Å². The van der Waals surface area contributed by atoms with Crippen molar-refractivity contribution in [2.45, 2.75) is 32.7 Å². The smallest absolute Gasteiger partial charge is 0.142 e. The third-order valence-corrected chi connectivity index (χ3v) is 2.77. The van der Waals surface area contributed by atoms with E-state index < -0.39 is 5.82 Å². The topological polar surface area (TPSA) is 21.3 Å². The van der Waals surface area contributed by atoms with Gasteiger partial charge in [0.15, 0.2) is 0 Å². The maximum atomic E-state index is 12.9. The SMILES string of the molecule is CCCC(C)NCCOc1ccc(F)c(Cl)c1. The normalized spacial score (nSPS) is 12.5. The molecule has 0 aliphatic rings. The largest absolute Gasteiger partial charge is 0.492 e. The van der Waals surface area contributed by atoms with Crippen LogP contribution in [0, 0.1) is 5.82 Å². The van der Waals surface area contributed by atoms with Gasteiger partial charge in [0, 0.05) is 18.7 Å². The van der Waals surface area contributed by atoms with E-state index in [1.54, 1.807) is 6.07 Å². The molecular weight excluding hydrogens is 241 g/mol. The van der Waals surface area contributed by atoms with Crippen LogP contribution in [0.1, 0.15) is 26.7 Å². The Labute approximate surface area is 107 Å². The molecule has 0 aromatic heterocycles. The Morgan fingerprint density at radius 2 is 2.24 bits per heavy atom. The number of rotatable bonds is 7. The summed E-state index contributed by atoms with van der Waals surface area (Å²) in [5.74, 6) is 0.176. The molecule has 1 N–H and O–H groups in total. The third-order valence-electron chi connectivity index (χ3n) is 2.48. The Morgan fingerprint density at radius 1 is 1.47 bits per heavy atom. The van der Waals surface area contributed by atoms with Gasteiger partial charge in [0.25, 0.3) is 0 Å². The van der Waals surface area contributed by atoms with Crippen LogP contribution in [-0.4, -0.2) is 19.2 Å². The summed E-state index contributed by atoms with van der Waals surface area (Å²) in [6.45, 7) is 5.64. The minimum Gasteiger partial charge on any atom is -0.492 e. The molecule has 1 aromatic carbocycles. The first-order valence-electron chi connectivity index (χ1n) is 5.94. The minimum absolute atomic E-state index is 0.0924. The van der Waals surface area contributed by atoms with Gasteiger partial charge < -0.3 is 10.1 Å². The third kappa shape index (κ3) is 5.37. The van der Waals surface area contributed by atoms with Gasteiger partial charge in [0.2, 0.25) is 0 Å². The Bertz CT molecular complexity index is 346. The minimum atomic E-state index is -0.422. The van der Waals surface area contributed by atoms with E-state index in [9.17, 15) is 4.39 Å². The van der Waals surface area contributed by atoms with Crippen LogP contribution in [0.2, 0.25) is 5.02 Å². The van der Waals surface area contributed by atoms with Gasteiger partial charge in [-0.3, -0.25) is 0 Å². The highest BCUT2D eigenvalue weighted by molar-refractivity contribution is 6.30. The Hall–Kier alpha value is -0.800. The standard InChI is InChI=1S/C13H19ClFNO/c1-3-4-10(2)16-7-8-17-11-5-6-13(15)12(14)9-11/h5-6,9-10,16H,3-4,7-8H2,1-2H3. The van der Waals surface area contributed by atoms with Crippen molar-refractivity contribution < 1.29 is 9.13 Å². The van der Waals surface area contributed by atoms with Gasteiger partial charge in [0.1, 0.15) is 18.2 Å². The van der Waals surface area contributed by atoms with Gasteiger partial charge in [-0.2, -0.15) is 0 Å². The molecule has 2 nitrogen and oxygen atoms in total. The van der Waals surface area contributed by atoms with Gasteiger partial charge in [0.05, 0.1) is 5.02 Å². The summed E-state index contributed by atoms with van der Waals surface area (Å²) in [5, 5.41) is 3.44. The molecule has 0 radical (unpaired) electrons. The molecule has 0 aliphatic heterocycles. The molecule has 0 spiro atoms. The molecule has 1 aromatic rings. The highest BCUT2D eigenvalue weighted by Crippen LogP contribution is 2.20. The van der Waals surface area contributed by atoms with Gasteiger partial charge in [-0.15, -0.1) is 0 Å². The molecular formula is C13H19ClFNO. The van der Waals surface area contributed by atoms with Crippen molar-refractivity contribution in [1.82, 2.24) is 5.32 Å². The lowest BCUT2D eigenvalue weighted by molar-refractivity contribution is 0.304. The molecule has 1 unspecified atom stereocenters. The molecule has 0 amide bonds. The second kappa shape index (κ2) is 7.51. The van der Waals surface area contributed by atoms with Crippen LogP contribution < -0.4 is 10.1 Å². The quantitative estimate of drug-likeness (QED) is 0.755. The first-order valence-corrected chi connectivity index (χ1v) is 6.32. The second-order valence-corrected chi connectivity index (χ2v) is 4.48. The van der Waals surface area contributed by atoms with Crippen LogP contribution >= 0.6 is 11.6 Å². The van der Waals surface area contributed by atoms with Crippen LogP contribution in [0.4, 0.5) is 4.39 Å². The molecule has 17 heavy (non-hydrogen) atoms. The van der Waals surface area contributed by atoms with Crippen LogP contribution in [0.3, 0.4) is 0 Å². The van der Waals surface area contributed by atoms with Crippen molar-refractivity contribution in [3.05, 3.63) is 29.0 Å². The van der Waals surface area contributed by atoms with Gasteiger partial charge in [-0.1, -0.05) is 24.9 Å². The van der Waals surface area contributed by atoms with E-state index in [2.05, 4.69) is 19.2 Å². The van der Waals surface area contributed by atoms with E-state index in [1.807, 2.05) is 0 Å². The molecule has 0 bridgehead atoms. The van der Waals surface area contributed by atoms with E-state index in [0.29, 0.717) is 18.4 Å². The van der Waals surface area contributed by atoms with Crippen LogP contribution in [-0.2, 0) is 0 Å². The van der Waals surface area contributed by atoms with Crippen LogP contribution in [0.5, 0.6) is 5.75 Å². The molecule has 0 heterocycles. The molecule has 1 atom stereocenters. The number of hydrogen-bond acceptors (Lipinski definition) is 2. The Morgan fingerprint density at radius 3 is 2.88 bits per heavy atom. The lowest BCUT2D eigenvalue weighted by atomic mass is 10.2. The van der Waals surface area contributed by atoms with Crippen molar-refractivity contribution in [1.29, 1.82) is 0 Å². The molecule has 0 saturated carbocycles. The lowest BCUT2D eigenvalue weighted by Crippen LogP contribution is -2.29. The average Bonchev–Trinajstić information content (AvgIpc) is 2.29. The monoisotopic (exact) mass is 259 g/mol. The fourth-order valence-electron chi connectivity index (χ4n) is 1.58.